The summed E-state index contributed by atoms with van der Waals surface area (Å²) in [6.07, 6.45) is 7.14. The highest BCUT2D eigenvalue weighted by atomic mass is 15.1. The van der Waals surface area contributed by atoms with E-state index in [4.69, 9.17) is 0 Å². The molecule has 19 heavy (non-hydrogen) atoms. The molecule has 0 bridgehead atoms. The van der Waals surface area contributed by atoms with E-state index in [9.17, 15) is 0 Å². The van der Waals surface area contributed by atoms with Crippen molar-refractivity contribution in [1.29, 1.82) is 0 Å². The molecule has 0 saturated heterocycles. The van der Waals surface area contributed by atoms with Crippen molar-refractivity contribution in [1.82, 2.24) is 9.97 Å². The second-order valence-corrected chi connectivity index (χ2v) is 5.70. The maximum Gasteiger partial charge on any atom is 0.134 e. The minimum atomic E-state index is 0.418. The lowest BCUT2D eigenvalue weighted by Gasteiger charge is -2.18. The molecule has 4 nitrogen and oxygen atoms in total. The molecule has 1 aliphatic rings. The molecule has 1 aliphatic carbocycles. The first-order valence-electron chi connectivity index (χ1n) is 7.55. The minimum Gasteiger partial charge on any atom is -0.370 e. The van der Waals surface area contributed by atoms with Crippen LogP contribution in [0.2, 0.25) is 0 Å². The van der Waals surface area contributed by atoms with Gasteiger partial charge in [-0.05, 0) is 31.6 Å². The highest BCUT2D eigenvalue weighted by molar-refractivity contribution is 5.58. The Morgan fingerprint density at radius 3 is 2.37 bits per heavy atom. The summed E-state index contributed by atoms with van der Waals surface area (Å²) in [5.74, 6) is 3.22. The summed E-state index contributed by atoms with van der Waals surface area (Å²) in [7, 11) is 0. The molecule has 0 aromatic carbocycles. The fraction of sp³-hybridized carbons (Fsp3) is 0.733. The zero-order valence-electron chi connectivity index (χ0n) is 12.4. The Bertz CT molecular complexity index is 397. The number of hydrogen-bond acceptors (Lipinski definition) is 4. The number of nitrogens with one attached hydrogen (secondary N) is 2. The normalized spacial score (nSPS) is 16.0. The van der Waals surface area contributed by atoms with E-state index in [0.717, 1.165) is 30.6 Å². The molecule has 4 heteroatoms. The van der Waals surface area contributed by atoms with Crippen LogP contribution in [-0.4, -0.2) is 23.1 Å². The van der Waals surface area contributed by atoms with Gasteiger partial charge in [-0.3, -0.25) is 0 Å². The summed E-state index contributed by atoms with van der Waals surface area (Å²) in [4.78, 5) is 8.81. The van der Waals surface area contributed by atoms with Gasteiger partial charge in [-0.15, -0.1) is 0 Å². The second kappa shape index (κ2) is 6.73. The molecular weight excluding hydrogens is 236 g/mol. The standard InChI is InChI=1S/C15H26N4/c1-4-16-14-13(11(2)3)15(19-10-18-14)17-9-12-7-5-6-8-12/h10-12H,4-9H2,1-3H3,(H2,16,17,18,19). The summed E-state index contributed by atoms with van der Waals surface area (Å²) in [5, 5.41) is 6.88. The van der Waals surface area contributed by atoms with Gasteiger partial charge in [-0.25, -0.2) is 9.97 Å². The maximum atomic E-state index is 4.44. The van der Waals surface area contributed by atoms with E-state index in [0.29, 0.717) is 5.92 Å². The molecule has 0 radical (unpaired) electrons. The van der Waals surface area contributed by atoms with Crippen molar-refractivity contribution in [2.24, 2.45) is 5.92 Å². The Morgan fingerprint density at radius 2 is 1.79 bits per heavy atom. The van der Waals surface area contributed by atoms with Crippen LogP contribution < -0.4 is 10.6 Å². The predicted octanol–water partition coefficient (Wildman–Crippen LogP) is 3.63. The molecule has 2 N–H and O–H groups in total. The highest BCUT2D eigenvalue weighted by Crippen LogP contribution is 2.30. The molecule has 0 spiro atoms. The van der Waals surface area contributed by atoms with Crippen molar-refractivity contribution in [3.63, 3.8) is 0 Å². The lowest BCUT2D eigenvalue weighted by Crippen LogP contribution is -2.15. The Hall–Kier alpha value is -1.32. The smallest absolute Gasteiger partial charge is 0.134 e. The van der Waals surface area contributed by atoms with E-state index >= 15 is 0 Å². The van der Waals surface area contributed by atoms with Crippen LogP contribution >= 0.6 is 0 Å². The average molecular weight is 262 g/mol. The minimum absolute atomic E-state index is 0.418. The van der Waals surface area contributed by atoms with Gasteiger partial charge in [-0.2, -0.15) is 0 Å². The zero-order valence-corrected chi connectivity index (χ0v) is 12.4. The quantitative estimate of drug-likeness (QED) is 0.822. The van der Waals surface area contributed by atoms with Crippen LogP contribution in [0.25, 0.3) is 0 Å². The largest absolute Gasteiger partial charge is 0.370 e. The van der Waals surface area contributed by atoms with E-state index < -0.39 is 0 Å². The number of rotatable bonds is 6. The summed E-state index contributed by atoms with van der Waals surface area (Å²) in [5.41, 5.74) is 1.21. The molecule has 0 amide bonds. The van der Waals surface area contributed by atoms with E-state index in [2.05, 4.69) is 41.4 Å². The summed E-state index contributed by atoms with van der Waals surface area (Å²) in [6, 6.07) is 0. The van der Waals surface area contributed by atoms with Gasteiger partial charge >= 0.3 is 0 Å². The first-order chi connectivity index (χ1) is 9.22. The maximum absolute atomic E-state index is 4.44. The molecule has 106 valence electrons. The summed E-state index contributed by atoms with van der Waals surface area (Å²) < 4.78 is 0. The molecule has 1 aromatic rings. The van der Waals surface area contributed by atoms with Crippen LogP contribution in [-0.2, 0) is 0 Å². The fourth-order valence-electron chi connectivity index (χ4n) is 2.85. The predicted molar refractivity (Wildman–Crippen MR) is 80.7 cm³/mol. The lowest BCUT2D eigenvalue weighted by atomic mass is 10.0. The number of anilines is 2. The number of aromatic nitrogens is 2. The fourth-order valence-corrected chi connectivity index (χ4v) is 2.85. The molecule has 0 atom stereocenters. The highest BCUT2D eigenvalue weighted by Gasteiger charge is 2.18. The summed E-state index contributed by atoms with van der Waals surface area (Å²) >= 11 is 0. The van der Waals surface area contributed by atoms with Gasteiger partial charge in [0.15, 0.2) is 0 Å². The third kappa shape index (κ3) is 3.58. The van der Waals surface area contributed by atoms with Crippen LogP contribution in [0.15, 0.2) is 6.33 Å². The van der Waals surface area contributed by atoms with Gasteiger partial charge in [0.05, 0.1) is 0 Å². The Morgan fingerprint density at radius 1 is 1.16 bits per heavy atom. The van der Waals surface area contributed by atoms with E-state index in [1.807, 2.05) is 0 Å². The molecule has 1 heterocycles. The molecular formula is C15H26N4. The average Bonchev–Trinajstić information content (AvgIpc) is 2.89. The van der Waals surface area contributed by atoms with Gasteiger partial charge in [0.2, 0.25) is 0 Å². The second-order valence-electron chi connectivity index (χ2n) is 5.70. The van der Waals surface area contributed by atoms with Crippen LogP contribution in [0.5, 0.6) is 0 Å². The van der Waals surface area contributed by atoms with E-state index in [-0.39, 0.29) is 0 Å². The van der Waals surface area contributed by atoms with Crippen molar-refractivity contribution in [2.45, 2.75) is 52.4 Å². The topological polar surface area (TPSA) is 49.8 Å². The first kappa shape index (κ1) is 14.1. The van der Waals surface area contributed by atoms with Crippen LogP contribution in [0.3, 0.4) is 0 Å². The van der Waals surface area contributed by atoms with E-state index in [1.54, 1.807) is 6.33 Å². The van der Waals surface area contributed by atoms with Gasteiger partial charge in [0.25, 0.3) is 0 Å². The Kier molecular flexibility index (Phi) is 5.00. The van der Waals surface area contributed by atoms with Crippen LogP contribution in [0, 0.1) is 5.92 Å². The SMILES string of the molecule is CCNc1ncnc(NCC2CCCC2)c1C(C)C. The molecule has 1 fully saturated rings. The van der Waals surface area contributed by atoms with Gasteiger partial charge < -0.3 is 10.6 Å². The van der Waals surface area contributed by atoms with Crippen molar-refractivity contribution in [3.8, 4) is 0 Å². The van der Waals surface area contributed by atoms with Crippen molar-refractivity contribution in [2.75, 3.05) is 23.7 Å². The number of nitrogens with zero attached hydrogens (tertiary/aromatic N) is 2. The van der Waals surface area contributed by atoms with Crippen molar-refractivity contribution in [3.05, 3.63) is 11.9 Å². The van der Waals surface area contributed by atoms with Gasteiger partial charge in [0, 0.05) is 18.7 Å². The molecule has 1 saturated carbocycles. The third-order valence-electron chi connectivity index (χ3n) is 3.84. The molecule has 2 rings (SSSR count). The Labute approximate surface area is 116 Å². The van der Waals surface area contributed by atoms with E-state index in [1.165, 1.54) is 31.2 Å². The first-order valence-corrected chi connectivity index (χ1v) is 7.55. The van der Waals surface area contributed by atoms with Crippen LogP contribution in [0.4, 0.5) is 11.6 Å². The monoisotopic (exact) mass is 262 g/mol. The van der Waals surface area contributed by atoms with Crippen molar-refractivity contribution < 1.29 is 0 Å². The molecule has 1 aromatic heterocycles. The molecule has 0 unspecified atom stereocenters. The lowest BCUT2D eigenvalue weighted by molar-refractivity contribution is 0.578. The Balaban J connectivity index is 2.11. The number of hydrogen-bond donors (Lipinski definition) is 2. The van der Waals surface area contributed by atoms with Gasteiger partial charge in [0.1, 0.15) is 18.0 Å². The van der Waals surface area contributed by atoms with Crippen LogP contribution in [0.1, 0.15) is 57.9 Å². The zero-order chi connectivity index (χ0) is 13.7. The van der Waals surface area contributed by atoms with Gasteiger partial charge in [-0.1, -0.05) is 26.7 Å². The molecule has 0 aliphatic heterocycles. The third-order valence-corrected chi connectivity index (χ3v) is 3.84. The van der Waals surface area contributed by atoms with Crippen molar-refractivity contribution >= 4 is 11.6 Å². The summed E-state index contributed by atoms with van der Waals surface area (Å²) in [6.45, 7) is 8.42.